The van der Waals surface area contributed by atoms with E-state index in [0.717, 1.165) is 0 Å². The first-order valence-electron chi connectivity index (χ1n) is 4.22. The van der Waals surface area contributed by atoms with Crippen LogP contribution in [0.2, 0.25) is 0 Å². The summed E-state index contributed by atoms with van der Waals surface area (Å²) >= 11 is 0. The molecule has 2 N–H and O–H groups in total. The second-order valence-corrected chi connectivity index (χ2v) is 3.05. The summed E-state index contributed by atoms with van der Waals surface area (Å²) in [6.45, 7) is 1.84. The Morgan fingerprint density at radius 1 is 1.31 bits per heavy atom. The SMILES string of the molecule is CN[C@@H](C)C(=O)N(C)C.O=C(O)C(F)(F)F. The number of carbonyl (C=O) groups is 2. The van der Waals surface area contributed by atoms with E-state index in [-0.39, 0.29) is 11.9 Å². The average Bonchev–Trinajstić information content (AvgIpc) is 2.14. The largest absolute Gasteiger partial charge is 0.490 e. The number of rotatable bonds is 2. The van der Waals surface area contributed by atoms with Gasteiger partial charge < -0.3 is 15.3 Å². The molecule has 0 aliphatic heterocycles. The van der Waals surface area contributed by atoms with Crippen molar-refractivity contribution >= 4 is 11.9 Å². The predicted molar refractivity (Wildman–Crippen MR) is 50.9 cm³/mol. The summed E-state index contributed by atoms with van der Waals surface area (Å²) in [5, 5.41) is 9.98. The van der Waals surface area contributed by atoms with Crippen LogP contribution in [0.15, 0.2) is 0 Å². The summed E-state index contributed by atoms with van der Waals surface area (Å²) in [7, 11) is 5.26. The van der Waals surface area contributed by atoms with Crippen molar-refractivity contribution in [2.75, 3.05) is 21.1 Å². The lowest BCUT2D eigenvalue weighted by molar-refractivity contribution is -0.192. The maximum atomic E-state index is 10.9. The van der Waals surface area contributed by atoms with Gasteiger partial charge in [0.15, 0.2) is 0 Å². The molecule has 5 nitrogen and oxygen atoms in total. The van der Waals surface area contributed by atoms with Crippen LogP contribution in [0.25, 0.3) is 0 Å². The maximum absolute atomic E-state index is 10.9. The molecule has 0 heterocycles. The molecule has 0 aliphatic carbocycles. The zero-order valence-corrected chi connectivity index (χ0v) is 9.42. The maximum Gasteiger partial charge on any atom is 0.490 e. The van der Waals surface area contributed by atoms with Crippen LogP contribution in [-0.4, -0.2) is 55.2 Å². The first-order valence-corrected chi connectivity index (χ1v) is 4.22. The smallest absolute Gasteiger partial charge is 0.475 e. The van der Waals surface area contributed by atoms with Crippen LogP contribution in [0.3, 0.4) is 0 Å². The number of carboxylic acids is 1. The van der Waals surface area contributed by atoms with Gasteiger partial charge in [0.05, 0.1) is 6.04 Å². The lowest BCUT2D eigenvalue weighted by atomic mass is 10.3. The van der Waals surface area contributed by atoms with Gasteiger partial charge in [-0.3, -0.25) is 4.79 Å². The van der Waals surface area contributed by atoms with E-state index in [1.165, 1.54) is 0 Å². The number of carbonyl (C=O) groups excluding carboxylic acids is 1. The molecule has 0 saturated carbocycles. The van der Waals surface area contributed by atoms with Crippen molar-refractivity contribution in [2.24, 2.45) is 0 Å². The van der Waals surface area contributed by atoms with Gasteiger partial charge in [-0.05, 0) is 14.0 Å². The third-order valence-corrected chi connectivity index (χ3v) is 1.49. The van der Waals surface area contributed by atoms with E-state index < -0.39 is 12.1 Å². The van der Waals surface area contributed by atoms with Gasteiger partial charge in [-0.2, -0.15) is 13.2 Å². The van der Waals surface area contributed by atoms with Crippen LogP contribution in [0, 0.1) is 0 Å². The molecular weight excluding hydrogens is 229 g/mol. The summed E-state index contributed by atoms with van der Waals surface area (Å²) < 4.78 is 31.7. The van der Waals surface area contributed by atoms with E-state index in [9.17, 15) is 18.0 Å². The summed E-state index contributed by atoms with van der Waals surface area (Å²) in [5.74, 6) is -2.65. The van der Waals surface area contributed by atoms with Crippen molar-refractivity contribution in [1.82, 2.24) is 10.2 Å². The first kappa shape index (κ1) is 17.1. The number of hydrogen-bond donors (Lipinski definition) is 2. The quantitative estimate of drug-likeness (QED) is 0.733. The molecule has 0 spiro atoms. The monoisotopic (exact) mass is 244 g/mol. The van der Waals surface area contributed by atoms with Gasteiger partial charge in [0, 0.05) is 14.1 Å². The highest BCUT2D eigenvalue weighted by molar-refractivity contribution is 5.80. The normalized spacial score (nSPS) is 12.2. The fourth-order valence-corrected chi connectivity index (χ4v) is 0.511. The average molecular weight is 244 g/mol. The Morgan fingerprint density at radius 3 is 1.69 bits per heavy atom. The molecule has 0 rings (SSSR count). The number of nitrogens with zero attached hydrogens (tertiary/aromatic N) is 1. The minimum Gasteiger partial charge on any atom is -0.475 e. The minimum absolute atomic E-state index is 0.0694. The number of alkyl halides is 3. The number of carboxylic acid groups (broad SMARTS) is 1. The molecule has 0 aromatic heterocycles. The molecule has 0 aliphatic rings. The number of hydrogen-bond acceptors (Lipinski definition) is 3. The molecule has 0 unspecified atom stereocenters. The summed E-state index contributed by atoms with van der Waals surface area (Å²) in [6, 6.07) is -0.0694. The zero-order valence-electron chi connectivity index (χ0n) is 9.42. The van der Waals surface area contributed by atoms with E-state index in [1.807, 2.05) is 6.92 Å². The van der Waals surface area contributed by atoms with Crippen LogP contribution >= 0.6 is 0 Å². The van der Waals surface area contributed by atoms with Gasteiger partial charge in [-0.25, -0.2) is 4.79 Å². The van der Waals surface area contributed by atoms with E-state index >= 15 is 0 Å². The highest BCUT2D eigenvalue weighted by Gasteiger charge is 2.38. The van der Waals surface area contributed by atoms with Crippen molar-refractivity contribution in [2.45, 2.75) is 19.1 Å². The Labute approximate surface area is 91.2 Å². The van der Waals surface area contributed by atoms with E-state index in [4.69, 9.17) is 9.90 Å². The highest BCUT2D eigenvalue weighted by Crippen LogP contribution is 2.13. The molecule has 0 fully saturated rings. The fourth-order valence-electron chi connectivity index (χ4n) is 0.511. The first-order chi connectivity index (χ1) is 7.03. The topological polar surface area (TPSA) is 69.6 Å². The fraction of sp³-hybridized carbons (Fsp3) is 0.750. The molecule has 0 saturated heterocycles. The van der Waals surface area contributed by atoms with Crippen molar-refractivity contribution in [3.63, 3.8) is 0 Å². The Morgan fingerprint density at radius 2 is 1.62 bits per heavy atom. The van der Waals surface area contributed by atoms with Gasteiger partial charge in [0.1, 0.15) is 0 Å². The number of halogens is 3. The molecular formula is C8H15F3N2O3. The summed E-state index contributed by atoms with van der Waals surface area (Å²) in [5.41, 5.74) is 0. The number of aliphatic carboxylic acids is 1. The number of amides is 1. The van der Waals surface area contributed by atoms with Gasteiger partial charge >= 0.3 is 12.1 Å². The van der Waals surface area contributed by atoms with Crippen molar-refractivity contribution < 1.29 is 27.9 Å². The molecule has 0 bridgehead atoms. The summed E-state index contributed by atoms with van der Waals surface area (Å²) in [6.07, 6.45) is -5.08. The van der Waals surface area contributed by atoms with E-state index in [1.54, 1.807) is 26.0 Å². The molecule has 0 aromatic carbocycles. The molecule has 8 heteroatoms. The zero-order chi connectivity index (χ0) is 13.5. The van der Waals surface area contributed by atoms with Gasteiger partial charge in [0.25, 0.3) is 0 Å². The Balaban J connectivity index is 0. The van der Waals surface area contributed by atoms with Crippen LogP contribution in [0.5, 0.6) is 0 Å². The molecule has 1 amide bonds. The third kappa shape index (κ3) is 8.04. The number of likely N-dealkylation sites (N-methyl/N-ethyl adjacent to an activating group) is 2. The Bertz CT molecular complexity index is 241. The second kappa shape index (κ2) is 7.04. The van der Waals surface area contributed by atoms with Crippen LogP contribution in [0.1, 0.15) is 6.92 Å². The Hall–Kier alpha value is -1.31. The second-order valence-electron chi connectivity index (χ2n) is 3.05. The molecule has 96 valence electrons. The van der Waals surface area contributed by atoms with E-state index in [2.05, 4.69) is 5.32 Å². The molecule has 16 heavy (non-hydrogen) atoms. The van der Waals surface area contributed by atoms with Gasteiger partial charge in [-0.1, -0.05) is 0 Å². The standard InChI is InChI=1S/C6H14N2O.C2HF3O2/c1-5(7-2)6(9)8(3)4;3-2(4,5)1(6)7/h5,7H,1-4H3;(H,6,7)/t5-;/m0./s1. The van der Waals surface area contributed by atoms with Crippen molar-refractivity contribution in [1.29, 1.82) is 0 Å². The van der Waals surface area contributed by atoms with Crippen molar-refractivity contribution in [3.8, 4) is 0 Å². The molecule has 0 aromatic rings. The Kier molecular flexibility index (Phi) is 7.53. The lowest BCUT2D eigenvalue weighted by Crippen LogP contribution is -2.39. The number of nitrogens with one attached hydrogen (secondary N) is 1. The van der Waals surface area contributed by atoms with Crippen LogP contribution in [-0.2, 0) is 9.59 Å². The molecule has 1 atom stereocenters. The van der Waals surface area contributed by atoms with E-state index in [0.29, 0.717) is 0 Å². The molecule has 0 radical (unpaired) electrons. The van der Waals surface area contributed by atoms with Crippen LogP contribution in [0.4, 0.5) is 13.2 Å². The van der Waals surface area contributed by atoms with Crippen molar-refractivity contribution in [3.05, 3.63) is 0 Å². The minimum atomic E-state index is -5.08. The van der Waals surface area contributed by atoms with Crippen LogP contribution < -0.4 is 5.32 Å². The highest BCUT2D eigenvalue weighted by atomic mass is 19.4. The lowest BCUT2D eigenvalue weighted by Gasteiger charge is -2.15. The summed E-state index contributed by atoms with van der Waals surface area (Å²) in [4.78, 5) is 21.4. The predicted octanol–water partition coefficient (Wildman–Crippen LogP) is 0.316. The van der Waals surface area contributed by atoms with Gasteiger partial charge in [0.2, 0.25) is 5.91 Å². The third-order valence-electron chi connectivity index (χ3n) is 1.49. The van der Waals surface area contributed by atoms with Gasteiger partial charge in [-0.15, -0.1) is 0 Å².